The molecule has 2 aromatic heterocycles. The Morgan fingerprint density at radius 2 is 2.19 bits per heavy atom. The Morgan fingerprint density at radius 3 is 2.92 bits per heavy atom. The number of nitrogens with one attached hydrogen (secondary N) is 1. The quantitative estimate of drug-likeness (QED) is 0.716. The first kappa shape index (κ1) is 18.7. The van der Waals surface area contributed by atoms with E-state index in [0.29, 0.717) is 29.5 Å². The van der Waals surface area contributed by atoms with Crippen molar-refractivity contribution < 1.29 is 9.21 Å². The average Bonchev–Trinajstić information content (AvgIpc) is 3.00. The van der Waals surface area contributed by atoms with E-state index < -0.39 is 0 Å². The maximum absolute atomic E-state index is 13.2. The minimum absolute atomic E-state index is 0. The van der Waals surface area contributed by atoms with Crippen molar-refractivity contribution in [1.82, 2.24) is 15.2 Å². The Morgan fingerprint density at radius 1 is 1.35 bits per heavy atom. The third kappa shape index (κ3) is 3.18. The molecule has 0 aliphatic carbocycles. The van der Waals surface area contributed by atoms with Crippen LogP contribution in [0.2, 0.25) is 5.02 Å². The molecule has 3 aromatic rings. The molecule has 1 amide bonds. The lowest BCUT2D eigenvalue weighted by atomic mass is 10.0. The maximum atomic E-state index is 13.2. The van der Waals surface area contributed by atoms with Crippen molar-refractivity contribution in [3.63, 3.8) is 0 Å². The Labute approximate surface area is 162 Å². The fraction of sp³-hybridized carbons (Fsp3) is 0.263. The second kappa shape index (κ2) is 7.66. The Kier molecular flexibility index (Phi) is 5.51. The predicted octanol–water partition coefficient (Wildman–Crippen LogP) is 4.00. The molecule has 1 fully saturated rings. The van der Waals surface area contributed by atoms with Crippen LogP contribution in [0.4, 0.5) is 0 Å². The van der Waals surface area contributed by atoms with E-state index in [1.54, 1.807) is 18.5 Å². The van der Waals surface area contributed by atoms with E-state index in [9.17, 15) is 4.79 Å². The van der Waals surface area contributed by atoms with Gasteiger partial charge in [0.1, 0.15) is 0 Å². The van der Waals surface area contributed by atoms with Crippen molar-refractivity contribution in [2.75, 3.05) is 19.6 Å². The van der Waals surface area contributed by atoms with Gasteiger partial charge in [-0.2, -0.15) is 0 Å². The first-order chi connectivity index (χ1) is 12.2. The zero-order valence-electron chi connectivity index (χ0n) is 14.2. The Bertz CT molecular complexity index is 927. The van der Waals surface area contributed by atoms with E-state index in [1.807, 2.05) is 36.1 Å². The second-order valence-corrected chi connectivity index (χ2v) is 6.58. The summed E-state index contributed by atoms with van der Waals surface area (Å²) in [6.07, 6.45) is 3.54. The number of amides is 1. The van der Waals surface area contributed by atoms with Crippen LogP contribution in [0.1, 0.15) is 27.7 Å². The number of fused-ring (bicyclic) bond motifs is 1. The number of aromatic nitrogens is 1. The molecule has 3 heterocycles. The Balaban J connectivity index is 0.00000196. The molecule has 26 heavy (non-hydrogen) atoms. The third-order valence-electron chi connectivity index (χ3n) is 4.68. The molecule has 0 saturated carbocycles. The number of hydrogen-bond donors (Lipinski definition) is 1. The monoisotopic (exact) mass is 391 g/mol. The van der Waals surface area contributed by atoms with Gasteiger partial charge < -0.3 is 14.6 Å². The fourth-order valence-corrected chi connectivity index (χ4v) is 3.57. The van der Waals surface area contributed by atoms with Crippen LogP contribution < -0.4 is 5.32 Å². The van der Waals surface area contributed by atoms with Gasteiger partial charge in [-0.3, -0.25) is 9.78 Å². The van der Waals surface area contributed by atoms with Crippen molar-refractivity contribution in [2.24, 2.45) is 0 Å². The standard InChI is InChI=1S/C19H18ClN3O2.ClH/c1-12-14-5-2-6-15(20)18(14)25-17(12)19(24)23-9-8-22-11-16(23)13-4-3-7-21-10-13;/h2-7,10,16,22H,8-9,11H2,1H3;1H. The molecule has 0 radical (unpaired) electrons. The topological polar surface area (TPSA) is 58.4 Å². The van der Waals surface area contributed by atoms with E-state index in [4.69, 9.17) is 16.0 Å². The molecule has 1 N–H and O–H groups in total. The summed E-state index contributed by atoms with van der Waals surface area (Å²) >= 11 is 6.22. The van der Waals surface area contributed by atoms with Crippen molar-refractivity contribution in [2.45, 2.75) is 13.0 Å². The molecule has 5 nitrogen and oxygen atoms in total. The van der Waals surface area contributed by atoms with Gasteiger partial charge in [-0.25, -0.2) is 0 Å². The number of piperazine rings is 1. The van der Waals surface area contributed by atoms with Gasteiger partial charge in [0.25, 0.3) is 5.91 Å². The number of aryl methyl sites for hydroxylation is 1. The summed E-state index contributed by atoms with van der Waals surface area (Å²) in [6, 6.07) is 9.37. The molecule has 1 aromatic carbocycles. The third-order valence-corrected chi connectivity index (χ3v) is 4.98. The number of nitrogens with zero attached hydrogens (tertiary/aromatic N) is 2. The predicted molar refractivity (Wildman–Crippen MR) is 104 cm³/mol. The molecule has 1 unspecified atom stereocenters. The van der Waals surface area contributed by atoms with Gasteiger partial charge >= 0.3 is 0 Å². The number of pyridine rings is 1. The SMILES string of the molecule is Cc1c(C(=O)N2CCNCC2c2cccnc2)oc2c(Cl)cccc12.Cl. The number of benzene rings is 1. The van der Waals surface area contributed by atoms with Gasteiger partial charge in [0.15, 0.2) is 11.3 Å². The number of rotatable bonds is 2. The first-order valence-corrected chi connectivity index (χ1v) is 8.64. The van der Waals surface area contributed by atoms with Crippen molar-refractivity contribution >= 4 is 40.9 Å². The van der Waals surface area contributed by atoms with Gasteiger partial charge in [-0.1, -0.05) is 29.8 Å². The summed E-state index contributed by atoms with van der Waals surface area (Å²) in [5, 5.41) is 4.74. The zero-order valence-corrected chi connectivity index (χ0v) is 15.8. The van der Waals surface area contributed by atoms with Crippen LogP contribution >= 0.6 is 24.0 Å². The number of carbonyl (C=O) groups excluding carboxylic acids is 1. The molecular formula is C19H19Cl2N3O2. The van der Waals surface area contributed by atoms with Crippen LogP contribution in [0.5, 0.6) is 0 Å². The number of carbonyl (C=O) groups is 1. The molecule has 0 spiro atoms. The van der Waals surface area contributed by atoms with Crippen LogP contribution in [-0.4, -0.2) is 35.4 Å². The molecule has 7 heteroatoms. The smallest absolute Gasteiger partial charge is 0.290 e. The summed E-state index contributed by atoms with van der Waals surface area (Å²) in [6.45, 7) is 3.96. The highest BCUT2D eigenvalue weighted by Crippen LogP contribution is 2.33. The number of furan rings is 1. The highest BCUT2D eigenvalue weighted by Gasteiger charge is 2.32. The van der Waals surface area contributed by atoms with E-state index in [1.165, 1.54) is 0 Å². The summed E-state index contributed by atoms with van der Waals surface area (Å²) in [7, 11) is 0. The summed E-state index contributed by atoms with van der Waals surface area (Å²) in [5.74, 6) is 0.249. The van der Waals surface area contributed by atoms with Gasteiger partial charge in [0, 0.05) is 43.0 Å². The maximum Gasteiger partial charge on any atom is 0.290 e. The van der Waals surface area contributed by atoms with Gasteiger partial charge in [-0.05, 0) is 24.6 Å². The van der Waals surface area contributed by atoms with Crippen LogP contribution in [0.3, 0.4) is 0 Å². The second-order valence-electron chi connectivity index (χ2n) is 6.18. The molecular weight excluding hydrogens is 373 g/mol. The number of para-hydroxylation sites is 1. The molecule has 1 aliphatic heterocycles. The van der Waals surface area contributed by atoms with Crippen molar-refractivity contribution in [3.8, 4) is 0 Å². The molecule has 1 aliphatic rings. The lowest BCUT2D eigenvalue weighted by molar-refractivity contribution is 0.0602. The minimum Gasteiger partial charge on any atom is -0.449 e. The molecule has 4 rings (SSSR count). The molecule has 1 atom stereocenters. The van der Waals surface area contributed by atoms with Crippen LogP contribution in [0, 0.1) is 6.92 Å². The van der Waals surface area contributed by atoms with E-state index in [2.05, 4.69) is 10.3 Å². The Hall–Kier alpha value is -2.08. The van der Waals surface area contributed by atoms with E-state index >= 15 is 0 Å². The largest absolute Gasteiger partial charge is 0.449 e. The zero-order chi connectivity index (χ0) is 17.4. The van der Waals surface area contributed by atoms with Crippen LogP contribution in [-0.2, 0) is 0 Å². The van der Waals surface area contributed by atoms with E-state index in [-0.39, 0.29) is 24.4 Å². The first-order valence-electron chi connectivity index (χ1n) is 8.26. The van der Waals surface area contributed by atoms with Gasteiger partial charge in [-0.15, -0.1) is 12.4 Å². The minimum atomic E-state index is -0.111. The summed E-state index contributed by atoms with van der Waals surface area (Å²) in [5.41, 5.74) is 2.40. The molecule has 0 bridgehead atoms. The normalized spacial score (nSPS) is 17.2. The van der Waals surface area contributed by atoms with Crippen LogP contribution in [0.25, 0.3) is 11.0 Å². The number of halogens is 2. The van der Waals surface area contributed by atoms with Crippen molar-refractivity contribution in [1.29, 1.82) is 0 Å². The summed E-state index contributed by atoms with van der Waals surface area (Å²) in [4.78, 5) is 19.3. The fourth-order valence-electron chi connectivity index (χ4n) is 3.36. The molecule has 1 saturated heterocycles. The summed E-state index contributed by atoms with van der Waals surface area (Å²) < 4.78 is 5.87. The lowest BCUT2D eigenvalue weighted by Crippen LogP contribution is -2.48. The lowest BCUT2D eigenvalue weighted by Gasteiger charge is -2.36. The van der Waals surface area contributed by atoms with Crippen LogP contribution in [0.15, 0.2) is 47.1 Å². The van der Waals surface area contributed by atoms with Gasteiger partial charge in [0.2, 0.25) is 0 Å². The highest BCUT2D eigenvalue weighted by atomic mass is 35.5. The van der Waals surface area contributed by atoms with Gasteiger partial charge in [0.05, 0.1) is 11.1 Å². The number of hydrogen-bond acceptors (Lipinski definition) is 4. The average molecular weight is 392 g/mol. The highest BCUT2D eigenvalue weighted by molar-refractivity contribution is 6.35. The van der Waals surface area contributed by atoms with E-state index in [0.717, 1.165) is 23.1 Å². The van der Waals surface area contributed by atoms with Crippen molar-refractivity contribution in [3.05, 3.63) is 64.6 Å². The molecule has 136 valence electrons.